The van der Waals surface area contributed by atoms with Crippen LogP contribution in [0.4, 0.5) is 5.13 Å². The van der Waals surface area contributed by atoms with Gasteiger partial charge in [-0.1, -0.05) is 6.42 Å². The number of hydrogen-bond acceptors (Lipinski definition) is 5. The molecule has 5 nitrogen and oxygen atoms in total. The Kier molecular flexibility index (Phi) is 4.58. The molecule has 0 spiro atoms. The fourth-order valence-corrected chi connectivity index (χ4v) is 4.13. The Morgan fingerprint density at radius 2 is 2.39 bits per heavy atom. The third-order valence-corrected chi connectivity index (χ3v) is 5.25. The fourth-order valence-electron chi connectivity index (χ4n) is 2.05. The van der Waals surface area contributed by atoms with Gasteiger partial charge in [0.1, 0.15) is 0 Å². The van der Waals surface area contributed by atoms with E-state index in [9.17, 15) is 8.42 Å². The Bertz CT molecular complexity index is 478. The second-order valence-electron chi connectivity index (χ2n) is 4.63. The standard InChI is InChI=1S/C11H19N3O2S2/c1-9-8-13-11(17-9)14-18(15,16)7-5-10-4-2-3-6-12-10/h8,10,12H,2-7H2,1H3,(H,13,14). The number of aromatic nitrogens is 1. The van der Waals surface area contributed by atoms with Gasteiger partial charge >= 0.3 is 0 Å². The summed E-state index contributed by atoms with van der Waals surface area (Å²) in [5, 5.41) is 3.82. The lowest BCUT2D eigenvalue weighted by Gasteiger charge is -2.23. The highest BCUT2D eigenvalue weighted by atomic mass is 32.2. The summed E-state index contributed by atoms with van der Waals surface area (Å²) >= 11 is 1.36. The number of nitrogens with zero attached hydrogens (tertiary/aromatic N) is 1. The first-order chi connectivity index (χ1) is 8.55. The number of rotatable bonds is 5. The molecule has 18 heavy (non-hydrogen) atoms. The van der Waals surface area contributed by atoms with E-state index in [2.05, 4.69) is 15.0 Å². The van der Waals surface area contributed by atoms with Gasteiger partial charge in [0.05, 0.1) is 5.75 Å². The summed E-state index contributed by atoms with van der Waals surface area (Å²) in [5.41, 5.74) is 0. The van der Waals surface area contributed by atoms with E-state index in [1.165, 1.54) is 24.2 Å². The predicted octanol–water partition coefficient (Wildman–Crippen LogP) is 1.73. The number of thiazole rings is 1. The first-order valence-corrected chi connectivity index (χ1v) is 8.68. The van der Waals surface area contributed by atoms with Gasteiger partial charge in [-0.25, -0.2) is 13.4 Å². The maximum Gasteiger partial charge on any atom is 0.234 e. The molecule has 1 aliphatic rings. The molecule has 1 fully saturated rings. The zero-order valence-corrected chi connectivity index (χ0v) is 12.1. The van der Waals surface area contributed by atoms with E-state index < -0.39 is 10.0 Å². The average molecular weight is 289 g/mol. The van der Waals surface area contributed by atoms with Crippen LogP contribution in [0, 0.1) is 6.92 Å². The molecule has 0 amide bonds. The van der Waals surface area contributed by atoms with Gasteiger partial charge < -0.3 is 5.32 Å². The predicted molar refractivity (Wildman–Crippen MR) is 74.5 cm³/mol. The van der Waals surface area contributed by atoms with Crippen molar-refractivity contribution in [2.45, 2.75) is 38.6 Å². The lowest BCUT2D eigenvalue weighted by Crippen LogP contribution is -2.36. The minimum atomic E-state index is -3.26. The van der Waals surface area contributed by atoms with Crippen LogP contribution in [0.1, 0.15) is 30.6 Å². The molecule has 0 bridgehead atoms. The quantitative estimate of drug-likeness (QED) is 0.866. The van der Waals surface area contributed by atoms with Gasteiger partial charge in [-0.05, 0) is 32.7 Å². The van der Waals surface area contributed by atoms with E-state index in [-0.39, 0.29) is 5.75 Å². The molecule has 2 N–H and O–H groups in total. The number of nitrogens with one attached hydrogen (secondary N) is 2. The van der Waals surface area contributed by atoms with E-state index >= 15 is 0 Å². The molecule has 0 saturated carbocycles. The fraction of sp³-hybridized carbons (Fsp3) is 0.727. The van der Waals surface area contributed by atoms with Crippen LogP contribution in [-0.4, -0.2) is 31.7 Å². The molecule has 102 valence electrons. The highest BCUT2D eigenvalue weighted by molar-refractivity contribution is 7.92. The normalized spacial score (nSPS) is 20.8. The Labute approximate surface area is 112 Å². The minimum absolute atomic E-state index is 0.156. The summed E-state index contributed by atoms with van der Waals surface area (Å²) in [7, 11) is -3.26. The molecule has 1 aromatic heterocycles. The van der Waals surface area contributed by atoms with Crippen molar-refractivity contribution in [3.05, 3.63) is 11.1 Å². The SMILES string of the molecule is Cc1cnc(NS(=O)(=O)CCC2CCCCN2)s1. The van der Waals surface area contributed by atoms with Crippen LogP contribution in [0.5, 0.6) is 0 Å². The Morgan fingerprint density at radius 3 is 3.00 bits per heavy atom. The summed E-state index contributed by atoms with van der Waals surface area (Å²) in [5.74, 6) is 0.156. The summed E-state index contributed by atoms with van der Waals surface area (Å²) in [6.07, 6.45) is 5.80. The lowest BCUT2D eigenvalue weighted by molar-refractivity contribution is 0.393. The van der Waals surface area contributed by atoms with Gasteiger partial charge in [-0.3, -0.25) is 4.72 Å². The maximum absolute atomic E-state index is 11.9. The summed E-state index contributed by atoms with van der Waals surface area (Å²) < 4.78 is 26.3. The largest absolute Gasteiger partial charge is 0.314 e. The summed E-state index contributed by atoms with van der Waals surface area (Å²) in [4.78, 5) is 5.01. The van der Waals surface area contributed by atoms with Crippen LogP contribution in [0.25, 0.3) is 0 Å². The molecule has 7 heteroatoms. The van der Waals surface area contributed by atoms with Crippen molar-refractivity contribution in [2.24, 2.45) is 0 Å². The monoisotopic (exact) mass is 289 g/mol. The smallest absolute Gasteiger partial charge is 0.234 e. The van der Waals surface area contributed by atoms with Gasteiger partial charge in [0, 0.05) is 17.1 Å². The third-order valence-electron chi connectivity index (χ3n) is 3.01. The maximum atomic E-state index is 11.9. The van der Waals surface area contributed by atoms with E-state index in [0.29, 0.717) is 17.6 Å². The number of hydrogen-bond donors (Lipinski definition) is 2. The summed E-state index contributed by atoms with van der Waals surface area (Å²) in [6, 6.07) is 0.341. The number of sulfonamides is 1. The van der Waals surface area contributed by atoms with Crippen molar-refractivity contribution in [1.29, 1.82) is 0 Å². The van der Waals surface area contributed by atoms with Crippen molar-refractivity contribution < 1.29 is 8.42 Å². The van der Waals surface area contributed by atoms with E-state index in [4.69, 9.17) is 0 Å². The van der Waals surface area contributed by atoms with E-state index in [0.717, 1.165) is 17.8 Å². The van der Waals surface area contributed by atoms with Gasteiger partial charge in [0.15, 0.2) is 5.13 Å². The minimum Gasteiger partial charge on any atom is -0.314 e. The third kappa shape index (κ3) is 4.22. The molecule has 1 atom stereocenters. The van der Waals surface area contributed by atoms with Crippen molar-refractivity contribution in [2.75, 3.05) is 17.0 Å². The van der Waals surface area contributed by atoms with Crippen LogP contribution < -0.4 is 10.0 Å². The second-order valence-corrected chi connectivity index (χ2v) is 7.71. The second kappa shape index (κ2) is 5.99. The highest BCUT2D eigenvalue weighted by Gasteiger charge is 2.18. The molecule has 0 radical (unpaired) electrons. The molecule has 1 unspecified atom stereocenters. The topological polar surface area (TPSA) is 71.1 Å². The lowest BCUT2D eigenvalue weighted by atomic mass is 10.0. The first kappa shape index (κ1) is 13.8. The summed E-state index contributed by atoms with van der Waals surface area (Å²) in [6.45, 7) is 2.91. The highest BCUT2D eigenvalue weighted by Crippen LogP contribution is 2.18. The molecule has 2 rings (SSSR count). The average Bonchev–Trinajstić information content (AvgIpc) is 2.73. The van der Waals surface area contributed by atoms with Crippen LogP contribution >= 0.6 is 11.3 Å². The van der Waals surface area contributed by atoms with E-state index in [1.807, 2.05) is 6.92 Å². The molecular formula is C11H19N3O2S2. The zero-order valence-electron chi connectivity index (χ0n) is 10.5. The first-order valence-electron chi connectivity index (χ1n) is 6.21. The van der Waals surface area contributed by atoms with Gasteiger partial charge in [-0.2, -0.15) is 0 Å². The Balaban J connectivity index is 1.83. The van der Waals surface area contributed by atoms with Gasteiger partial charge in [0.25, 0.3) is 0 Å². The molecule has 2 heterocycles. The van der Waals surface area contributed by atoms with Crippen LogP contribution in [0.2, 0.25) is 0 Å². The number of piperidine rings is 1. The van der Waals surface area contributed by atoms with Crippen LogP contribution in [-0.2, 0) is 10.0 Å². The van der Waals surface area contributed by atoms with E-state index in [1.54, 1.807) is 6.20 Å². The number of aryl methyl sites for hydroxylation is 1. The molecule has 0 aromatic carbocycles. The Hall–Kier alpha value is -0.660. The van der Waals surface area contributed by atoms with Gasteiger partial charge in [0.2, 0.25) is 10.0 Å². The molecule has 1 saturated heterocycles. The van der Waals surface area contributed by atoms with Gasteiger partial charge in [-0.15, -0.1) is 11.3 Å². The molecule has 1 aromatic rings. The number of anilines is 1. The molecule has 0 aliphatic carbocycles. The van der Waals surface area contributed by atoms with Crippen LogP contribution in [0.3, 0.4) is 0 Å². The molecular weight excluding hydrogens is 270 g/mol. The Morgan fingerprint density at radius 1 is 1.56 bits per heavy atom. The zero-order chi connectivity index (χ0) is 13.0. The van der Waals surface area contributed by atoms with Crippen molar-refractivity contribution in [3.8, 4) is 0 Å². The van der Waals surface area contributed by atoms with Crippen molar-refractivity contribution in [3.63, 3.8) is 0 Å². The van der Waals surface area contributed by atoms with Crippen LogP contribution in [0.15, 0.2) is 6.20 Å². The molecule has 1 aliphatic heterocycles. The van der Waals surface area contributed by atoms with Crippen molar-refractivity contribution in [1.82, 2.24) is 10.3 Å². The van der Waals surface area contributed by atoms with Crippen molar-refractivity contribution >= 4 is 26.5 Å².